The molecule has 10 aromatic rings. The maximum absolute atomic E-state index is 6.73. The van der Waals surface area contributed by atoms with Crippen molar-refractivity contribution >= 4 is 97.4 Å². The van der Waals surface area contributed by atoms with Crippen LogP contribution in [0.15, 0.2) is 144 Å². The van der Waals surface area contributed by atoms with E-state index in [-0.39, 0.29) is 6.04 Å². The van der Waals surface area contributed by atoms with Gasteiger partial charge in [-0.2, -0.15) is 0 Å². The number of nitrogens with two attached hydrogens (primary N) is 1. The molecule has 0 saturated carbocycles. The van der Waals surface area contributed by atoms with Crippen molar-refractivity contribution < 1.29 is 4.42 Å². The van der Waals surface area contributed by atoms with E-state index in [1.165, 1.54) is 69.1 Å². The monoisotopic (exact) mass is 623 g/mol. The molecule has 4 nitrogen and oxygen atoms in total. The summed E-state index contributed by atoms with van der Waals surface area (Å²) >= 11 is 1.84. The molecule has 1 atom stereocenters. The van der Waals surface area contributed by atoms with E-state index >= 15 is 0 Å². The lowest BCUT2D eigenvalue weighted by Gasteiger charge is -2.22. The Kier molecular flexibility index (Phi) is 5.69. The molecular weight excluding hydrogens is 595 g/mol. The van der Waals surface area contributed by atoms with Gasteiger partial charge in [-0.25, -0.2) is 0 Å². The van der Waals surface area contributed by atoms with E-state index < -0.39 is 0 Å². The van der Waals surface area contributed by atoms with E-state index in [0.717, 1.165) is 11.0 Å². The summed E-state index contributed by atoms with van der Waals surface area (Å²) in [5, 5.41) is 14.7. The minimum absolute atomic E-state index is 0.141. The molecule has 3 heterocycles. The normalized spacial score (nSPS) is 12.8. The van der Waals surface area contributed by atoms with Crippen molar-refractivity contribution in [1.29, 1.82) is 0 Å². The van der Waals surface area contributed by atoms with Crippen LogP contribution in [0.1, 0.15) is 11.6 Å². The highest BCUT2D eigenvalue weighted by Gasteiger charge is 2.22. The number of hydrogen-bond donors (Lipinski definition) is 2. The topological polar surface area (TPSA) is 56.1 Å². The quantitative estimate of drug-likeness (QED) is 0.201. The van der Waals surface area contributed by atoms with E-state index in [9.17, 15) is 0 Å². The molecule has 10 rings (SSSR count). The predicted octanol–water partition coefficient (Wildman–Crippen LogP) is 11.7. The molecule has 1 unspecified atom stereocenters. The summed E-state index contributed by atoms with van der Waals surface area (Å²) in [7, 11) is 0. The van der Waals surface area contributed by atoms with Crippen LogP contribution in [0.25, 0.3) is 74.5 Å². The number of benzene rings is 7. The molecule has 0 bridgehead atoms. The molecule has 0 aliphatic heterocycles. The third-order valence-corrected chi connectivity index (χ3v) is 10.9. The molecule has 3 aromatic heterocycles. The molecule has 224 valence electrons. The smallest absolute Gasteiger partial charge is 0.217 e. The van der Waals surface area contributed by atoms with Crippen molar-refractivity contribution in [2.75, 3.05) is 11.1 Å². The van der Waals surface area contributed by atoms with Crippen LogP contribution in [-0.4, -0.2) is 4.57 Å². The first-order valence-electron chi connectivity index (χ1n) is 16.0. The lowest BCUT2D eigenvalue weighted by molar-refractivity contribution is 0.581. The first-order valence-corrected chi connectivity index (χ1v) is 16.8. The highest BCUT2D eigenvalue weighted by Crippen LogP contribution is 2.41. The van der Waals surface area contributed by atoms with Gasteiger partial charge in [0.05, 0.1) is 6.04 Å². The second-order valence-electron chi connectivity index (χ2n) is 12.4. The first-order chi connectivity index (χ1) is 23.2. The highest BCUT2D eigenvalue weighted by molar-refractivity contribution is 7.25. The lowest BCUT2D eigenvalue weighted by Crippen LogP contribution is -2.18. The summed E-state index contributed by atoms with van der Waals surface area (Å²) in [5.74, 6) is 0.600. The van der Waals surface area contributed by atoms with E-state index in [4.69, 9.17) is 10.2 Å². The largest absolute Gasteiger partial charge is 0.438 e. The third-order valence-electron chi connectivity index (χ3n) is 9.71. The van der Waals surface area contributed by atoms with Gasteiger partial charge in [0.2, 0.25) is 5.88 Å². The van der Waals surface area contributed by atoms with Crippen LogP contribution < -0.4 is 11.1 Å². The van der Waals surface area contributed by atoms with Crippen molar-refractivity contribution in [3.63, 3.8) is 0 Å². The second kappa shape index (κ2) is 10.1. The van der Waals surface area contributed by atoms with Gasteiger partial charge in [-0.3, -0.25) is 0 Å². The van der Waals surface area contributed by atoms with Gasteiger partial charge in [-0.05, 0) is 81.7 Å². The fourth-order valence-corrected chi connectivity index (χ4v) is 8.46. The standard InChI is InChI=1S/C42H29N3OS/c43-41-31-14-5-7-15-38(31)46-42(41)44-35(29-17-18-40-34(21-29)30-13-6-8-16-39(30)47-40)24-45-36-22-27-11-3-1-9-25(27)19-32(36)33-20-26-10-2-4-12-28(26)23-37(33)45/h1-23,35,44H,24,43H2. The maximum atomic E-state index is 6.73. The SMILES string of the molecule is Nc1c(NC(Cn2c3cc4ccccc4cc3c3cc4ccccc4cc32)c2ccc3sc4ccccc4c3c2)oc2ccccc12. The number of nitrogens with one attached hydrogen (secondary N) is 1. The fraction of sp³-hybridized carbons (Fsp3) is 0.0476. The molecule has 0 radical (unpaired) electrons. The molecule has 7 aromatic carbocycles. The summed E-state index contributed by atoms with van der Waals surface area (Å²) < 4.78 is 11.4. The molecule has 0 amide bonds. The Bertz CT molecular complexity index is 2750. The Hall–Kier alpha value is -5.78. The van der Waals surface area contributed by atoms with Crippen LogP contribution >= 0.6 is 11.3 Å². The van der Waals surface area contributed by atoms with Gasteiger partial charge in [-0.1, -0.05) is 84.9 Å². The van der Waals surface area contributed by atoms with Crippen LogP contribution in [0.5, 0.6) is 0 Å². The summed E-state index contributed by atoms with van der Waals surface area (Å²) in [4.78, 5) is 0. The molecule has 0 spiro atoms. The van der Waals surface area contributed by atoms with Crippen LogP contribution in [-0.2, 0) is 6.54 Å². The minimum Gasteiger partial charge on any atom is -0.438 e. The number of nitrogens with zero attached hydrogens (tertiary/aromatic N) is 1. The average Bonchev–Trinajstić information content (AvgIpc) is 3.74. The zero-order chi connectivity index (χ0) is 31.1. The summed E-state index contributed by atoms with van der Waals surface area (Å²) in [5.41, 5.74) is 11.7. The average molecular weight is 624 g/mol. The van der Waals surface area contributed by atoms with Crippen molar-refractivity contribution in [3.8, 4) is 0 Å². The summed E-state index contributed by atoms with van der Waals surface area (Å²) in [6.07, 6.45) is 0. The Labute approximate surface area is 274 Å². The van der Waals surface area contributed by atoms with Crippen molar-refractivity contribution in [1.82, 2.24) is 4.57 Å². The second-order valence-corrected chi connectivity index (χ2v) is 13.5. The summed E-state index contributed by atoms with van der Waals surface area (Å²) in [6.45, 7) is 0.667. The number of anilines is 2. The van der Waals surface area contributed by atoms with E-state index in [1.54, 1.807) is 0 Å². The lowest BCUT2D eigenvalue weighted by atomic mass is 10.0. The number of thiophene rings is 1. The van der Waals surface area contributed by atoms with E-state index in [0.29, 0.717) is 18.1 Å². The molecule has 47 heavy (non-hydrogen) atoms. The number of furan rings is 1. The maximum Gasteiger partial charge on any atom is 0.217 e. The number of hydrogen-bond acceptors (Lipinski definition) is 4. The van der Waals surface area contributed by atoms with Gasteiger partial charge in [0.1, 0.15) is 11.3 Å². The third kappa shape index (κ3) is 4.13. The minimum atomic E-state index is -0.141. The zero-order valence-electron chi connectivity index (χ0n) is 25.4. The van der Waals surface area contributed by atoms with Crippen LogP contribution in [0.3, 0.4) is 0 Å². The van der Waals surface area contributed by atoms with E-state index in [1.807, 2.05) is 35.6 Å². The number of para-hydroxylation sites is 1. The van der Waals surface area contributed by atoms with Crippen LogP contribution in [0.4, 0.5) is 11.6 Å². The molecule has 3 N–H and O–H groups in total. The Balaban J connectivity index is 1.22. The number of rotatable bonds is 5. The van der Waals surface area contributed by atoms with Crippen LogP contribution in [0, 0.1) is 0 Å². The van der Waals surface area contributed by atoms with Crippen LogP contribution in [0.2, 0.25) is 0 Å². The first kappa shape index (κ1) is 26.4. The van der Waals surface area contributed by atoms with Gasteiger partial charge in [0.15, 0.2) is 0 Å². The van der Waals surface area contributed by atoms with Gasteiger partial charge < -0.3 is 20.0 Å². The molecule has 0 aliphatic rings. The highest BCUT2D eigenvalue weighted by atomic mass is 32.1. The molecule has 5 heteroatoms. The Morgan fingerprint density at radius 1 is 0.574 bits per heavy atom. The van der Waals surface area contributed by atoms with E-state index in [2.05, 4.69) is 125 Å². The Morgan fingerprint density at radius 3 is 1.83 bits per heavy atom. The van der Waals surface area contributed by atoms with Crippen molar-refractivity contribution in [2.45, 2.75) is 12.6 Å². The van der Waals surface area contributed by atoms with Crippen molar-refractivity contribution in [2.24, 2.45) is 0 Å². The fourth-order valence-electron chi connectivity index (χ4n) is 7.37. The number of fused-ring (bicyclic) bond motifs is 9. The van der Waals surface area contributed by atoms with Gasteiger partial charge in [0, 0.05) is 53.9 Å². The molecule has 0 fully saturated rings. The predicted molar refractivity (Wildman–Crippen MR) is 201 cm³/mol. The molecule has 0 aliphatic carbocycles. The van der Waals surface area contributed by atoms with Gasteiger partial charge in [0.25, 0.3) is 0 Å². The zero-order valence-corrected chi connectivity index (χ0v) is 26.2. The molecular formula is C42H29N3OS. The van der Waals surface area contributed by atoms with Crippen molar-refractivity contribution in [3.05, 3.63) is 145 Å². The number of nitrogen functional groups attached to an aromatic ring is 1. The summed E-state index contributed by atoms with van der Waals surface area (Å²) in [6, 6.07) is 50.0. The van der Waals surface area contributed by atoms with Gasteiger partial charge in [-0.15, -0.1) is 11.3 Å². The molecule has 0 saturated heterocycles. The number of aromatic nitrogens is 1. The Morgan fingerprint density at radius 2 is 1.15 bits per heavy atom. The van der Waals surface area contributed by atoms with Gasteiger partial charge >= 0.3 is 0 Å².